The van der Waals surface area contributed by atoms with Gasteiger partial charge in [0.2, 0.25) is 10.0 Å². The Labute approximate surface area is 133 Å². The van der Waals surface area contributed by atoms with Crippen LogP contribution in [-0.4, -0.2) is 31.7 Å². The SMILES string of the molecule is CCNCC(C)S(=O)(=O)Nc1cccc2cc(Br)cnc12. The fourth-order valence-electron chi connectivity index (χ4n) is 1.93. The Bertz CT molecular complexity index is 734. The zero-order valence-corrected chi connectivity index (χ0v) is 14.3. The van der Waals surface area contributed by atoms with Crippen molar-refractivity contribution in [2.75, 3.05) is 17.8 Å². The lowest BCUT2D eigenvalue weighted by molar-refractivity contribution is 0.579. The fraction of sp³-hybridized carbons (Fsp3) is 0.357. The molecule has 0 saturated heterocycles. The van der Waals surface area contributed by atoms with Gasteiger partial charge in [0, 0.05) is 22.6 Å². The highest BCUT2D eigenvalue weighted by Gasteiger charge is 2.21. The van der Waals surface area contributed by atoms with Gasteiger partial charge in [-0.05, 0) is 41.5 Å². The maximum absolute atomic E-state index is 12.3. The van der Waals surface area contributed by atoms with Gasteiger partial charge in [-0.3, -0.25) is 9.71 Å². The average molecular weight is 372 g/mol. The number of benzene rings is 1. The van der Waals surface area contributed by atoms with Crippen LogP contribution in [0.2, 0.25) is 0 Å². The first-order valence-corrected chi connectivity index (χ1v) is 9.04. The van der Waals surface area contributed by atoms with E-state index >= 15 is 0 Å². The summed E-state index contributed by atoms with van der Waals surface area (Å²) in [6.45, 7) is 4.78. The first-order valence-electron chi connectivity index (χ1n) is 6.70. The number of aromatic nitrogens is 1. The highest BCUT2D eigenvalue weighted by atomic mass is 79.9. The number of rotatable bonds is 6. The second-order valence-electron chi connectivity index (χ2n) is 4.80. The van der Waals surface area contributed by atoms with Crippen molar-refractivity contribution in [1.29, 1.82) is 0 Å². The molecule has 2 aromatic rings. The topological polar surface area (TPSA) is 71.1 Å². The summed E-state index contributed by atoms with van der Waals surface area (Å²) in [5.74, 6) is 0. The molecule has 0 spiro atoms. The number of para-hydroxylation sites is 1. The second kappa shape index (κ2) is 6.72. The molecule has 21 heavy (non-hydrogen) atoms. The molecule has 5 nitrogen and oxygen atoms in total. The lowest BCUT2D eigenvalue weighted by Crippen LogP contribution is -2.34. The quantitative estimate of drug-likeness (QED) is 0.818. The number of halogens is 1. The third-order valence-electron chi connectivity index (χ3n) is 3.14. The highest BCUT2D eigenvalue weighted by Crippen LogP contribution is 2.25. The summed E-state index contributed by atoms with van der Waals surface area (Å²) < 4.78 is 28.2. The van der Waals surface area contributed by atoms with Crippen molar-refractivity contribution in [3.05, 3.63) is 34.9 Å². The van der Waals surface area contributed by atoms with Crippen molar-refractivity contribution in [2.45, 2.75) is 19.1 Å². The van der Waals surface area contributed by atoms with Crippen molar-refractivity contribution in [3.63, 3.8) is 0 Å². The number of nitrogens with zero attached hydrogens (tertiary/aromatic N) is 1. The van der Waals surface area contributed by atoms with E-state index < -0.39 is 15.3 Å². The molecular formula is C14H18BrN3O2S. The molecule has 1 atom stereocenters. The van der Waals surface area contributed by atoms with E-state index in [1.165, 1.54) is 0 Å². The van der Waals surface area contributed by atoms with Crippen molar-refractivity contribution < 1.29 is 8.42 Å². The normalized spacial score (nSPS) is 13.3. The monoisotopic (exact) mass is 371 g/mol. The second-order valence-corrected chi connectivity index (χ2v) is 7.81. The van der Waals surface area contributed by atoms with E-state index in [1.54, 1.807) is 19.2 Å². The summed E-state index contributed by atoms with van der Waals surface area (Å²) in [7, 11) is -3.45. The molecule has 0 saturated carbocycles. The Hall–Kier alpha value is -1.18. The van der Waals surface area contributed by atoms with Gasteiger partial charge < -0.3 is 5.32 Å². The fourth-order valence-corrected chi connectivity index (χ4v) is 3.29. The molecule has 1 aromatic carbocycles. The number of hydrogen-bond donors (Lipinski definition) is 2. The summed E-state index contributed by atoms with van der Waals surface area (Å²) >= 11 is 3.36. The van der Waals surface area contributed by atoms with E-state index in [0.29, 0.717) is 17.7 Å². The predicted molar refractivity (Wildman–Crippen MR) is 90.0 cm³/mol. The maximum atomic E-state index is 12.3. The molecule has 1 unspecified atom stereocenters. The number of anilines is 1. The lowest BCUT2D eigenvalue weighted by Gasteiger charge is -2.16. The van der Waals surface area contributed by atoms with Crippen molar-refractivity contribution in [1.82, 2.24) is 10.3 Å². The zero-order chi connectivity index (χ0) is 15.5. The van der Waals surface area contributed by atoms with Crippen LogP contribution >= 0.6 is 15.9 Å². The predicted octanol–water partition coefficient (Wildman–Crippen LogP) is 2.74. The van der Waals surface area contributed by atoms with E-state index in [9.17, 15) is 8.42 Å². The molecule has 2 N–H and O–H groups in total. The summed E-state index contributed by atoms with van der Waals surface area (Å²) in [6.07, 6.45) is 1.65. The molecule has 0 radical (unpaired) electrons. The summed E-state index contributed by atoms with van der Waals surface area (Å²) in [6, 6.07) is 7.33. The summed E-state index contributed by atoms with van der Waals surface area (Å²) in [5.41, 5.74) is 1.14. The average Bonchev–Trinajstić information content (AvgIpc) is 2.44. The third kappa shape index (κ3) is 3.93. The molecule has 0 bridgehead atoms. The molecule has 1 heterocycles. The van der Waals surface area contributed by atoms with E-state index in [1.807, 2.05) is 25.1 Å². The molecule has 0 aliphatic rings. The Morgan fingerprint density at radius 2 is 2.14 bits per heavy atom. The van der Waals surface area contributed by atoms with Crippen molar-refractivity contribution >= 4 is 42.5 Å². The minimum atomic E-state index is -3.45. The third-order valence-corrected chi connectivity index (χ3v) is 5.31. The Kier molecular flexibility index (Phi) is 5.18. The van der Waals surface area contributed by atoms with E-state index in [0.717, 1.165) is 16.4 Å². The van der Waals surface area contributed by atoms with Gasteiger partial charge in [-0.1, -0.05) is 19.1 Å². The lowest BCUT2D eigenvalue weighted by atomic mass is 10.2. The van der Waals surface area contributed by atoms with Crippen LogP contribution in [0.4, 0.5) is 5.69 Å². The maximum Gasteiger partial charge on any atom is 0.236 e. The molecule has 7 heteroatoms. The van der Waals surface area contributed by atoms with Crippen LogP contribution in [0.15, 0.2) is 34.9 Å². The summed E-state index contributed by atoms with van der Waals surface area (Å²) in [4.78, 5) is 4.30. The standard InChI is InChI=1S/C14H18BrN3O2S/c1-3-16-8-10(2)21(19,20)18-13-6-4-5-11-7-12(15)9-17-14(11)13/h4-7,9-10,16,18H,3,8H2,1-2H3. The van der Waals surface area contributed by atoms with Gasteiger partial charge >= 0.3 is 0 Å². The zero-order valence-electron chi connectivity index (χ0n) is 11.9. The van der Waals surface area contributed by atoms with Crippen LogP contribution in [0.3, 0.4) is 0 Å². The van der Waals surface area contributed by atoms with Gasteiger partial charge in [0.25, 0.3) is 0 Å². The molecule has 114 valence electrons. The van der Waals surface area contributed by atoms with E-state index in [4.69, 9.17) is 0 Å². The molecule has 2 rings (SSSR count). The van der Waals surface area contributed by atoms with Crippen LogP contribution in [0.25, 0.3) is 10.9 Å². The van der Waals surface area contributed by atoms with Crippen LogP contribution in [-0.2, 0) is 10.0 Å². The van der Waals surface area contributed by atoms with Crippen LogP contribution < -0.4 is 10.0 Å². The van der Waals surface area contributed by atoms with E-state index in [-0.39, 0.29) is 0 Å². The van der Waals surface area contributed by atoms with Gasteiger partial charge in [0.05, 0.1) is 16.5 Å². The number of sulfonamides is 1. The first-order chi connectivity index (χ1) is 9.94. The minimum Gasteiger partial charge on any atom is -0.316 e. The van der Waals surface area contributed by atoms with Gasteiger partial charge in [-0.2, -0.15) is 0 Å². The van der Waals surface area contributed by atoms with Crippen LogP contribution in [0, 0.1) is 0 Å². The largest absolute Gasteiger partial charge is 0.316 e. The van der Waals surface area contributed by atoms with Crippen LogP contribution in [0.1, 0.15) is 13.8 Å². The van der Waals surface area contributed by atoms with Gasteiger partial charge in [-0.15, -0.1) is 0 Å². The minimum absolute atomic E-state index is 0.412. The van der Waals surface area contributed by atoms with E-state index in [2.05, 4.69) is 31.0 Å². The molecular weight excluding hydrogens is 354 g/mol. The van der Waals surface area contributed by atoms with Gasteiger partial charge in [0.1, 0.15) is 0 Å². The van der Waals surface area contributed by atoms with Gasteiger partial charge in [0.15, 0.2) is 0 Å². The Balaban J connectivity index is 2.31. The molecule has 0 amide bonds. The molecule has 0 fully saturated rings. The Morgan fingerprint density at radius 3 is 2.86 bits per heavy atom. The molecule has 0 aliphatic carbocycles. The summed E-state index contributed by atoms with van der Waals surface area (Å²) in [5, 5.41) is 3.40. The molecule has 1 aromatic heterocycles. The highest BCUT2D eigenvalue weighted by molar-refractivity contribution is 9.10. The van der Waals surface area contributed by atoms with Gasteiger partial charge in [-0.25, -0.2) is 8.42 Å². The smallest absolute Gasteiger partial charge is 0.236 e. The number of nitrogens with one attached hydrogen (secondary N) is 2. The van der Waals surface area contributed by atoms with Crippen LogP contribution in [0.5, 0.6) is 0 Å². The number of pyridine rings is 1. The number of fused-ring (bicyclic) bond motifs is 1. The van der Waals surface area contributed by atoms with Crippen molar-refractivity contribution in [3.8, 4) is 0 Å². The number of hydrogen-bond acceptors (Lipinski definition) is 4. The first kappa shape index (κ1) is 16.2. The molecule has 0 aliphatic heterocycles. The van der Waals surface area contributed by atoms with Crippen molar-refractivity contribution in [2.24, 2.45) is 0 Å². The Morgan fingerprint density at radius 1 is 1.38 bits per heavy atom.